The van der Waals surface area contributed by atoms with E-state index in [0.717, 1.165) is 41.8 Å². The van der Waals surface area contributed by atoms with Gasteiger partial charge in [0.25, 0.3) is 0 Å². The van der Waals surface area contributed by atoms with E-state index >= 15 is 0 Å². The van der Waals surface area contributed by atoms with E-state index in [0.29, 0.717) is 0 Å². The average Bonchev–Trinajstić information content (AvgIpc) is 2.52. The number of nitrogens with one attached hydrogen (secondary N) is 1. The van der Waals surface area contributed by atoms with Gasteiger partial charge in [0.05, 0.1) is 0 Å². The molecule has 0 aromatic heterocycles. The Morgan fingerprint density at radius 1 is 1.00 bits per heavy atom. The van der Waals surface area contributed by atoms with E-state index in [9.17, 15) is 0 Å². The summed E-state index contributed by atoms with van der Waals surface area (Å²) < 4.78 is 0. The molecule has 0 atom stereocenters. The molecule has 0 spiro atoms. The molecule has 0 saturated carbocycles. The maximum atomic E-state index is 4.15. The van der Waals surface area contributed by atoms with E-state index in [1.807, 2.05) is 13.8 Å². The fraction of sp³-hybridized carbons (Fsp3) is 0.391. The molecule has 0 saturated heterocycles. The van der Waals surface area contributed by atoms with E-state index in [1.165, 1.54) is 16.7 Å². The topological polar surface area (TPSA) is 12.0 Å². The molecule has 0 aromatic rings. The van der Waals surface area contributed by atoms with Crippen molar-refractivity contribution in [3.63, 3.8) is 0 Å². The predicted octanol–water partition coefficient (Wildman–Crippen LogP) is 7.15. The second-order valence-corrected chi connectivity index (χ2v) is 6.36. The van der Waals surface area contributed by atoms with Gasteiger partial charge in [-0.3, -0.25) is 0 Å². The lowest BCUT2D eigenvalue weighted by Gasteiger charge is -2.13. The monoisotopic (exact) mass is 325 g/mol. The van der Waals surface area contributed by atoms with Crippen LogP contribution in [-0.4, -0.2) is 0 Å². The highest BCUT2D eigenvalue weighted by Gasteiger charge is 2.00. The summed E-state index contributed by atoms with van der Waals surface area (Å²) in [6.45, 7) is 24.7. The van der Waals surface area contributed by atoms with E-state index in [1.54, 1.807) is 0 Å². The van der Waals surface area contributed by atoms with Crippen molar-refractivity contribution < 1.29 is 0 Å². The van der Waals surface area contributed by atoms with Gasteiger partial charge in [0.15, 0.2) is 0 Å². The molecule has 0 rings (SSSR count). The van der Waals surface area contributed by atoms with E-state index < -0.39 is 0 Å². The lowest BCUT2D eigenvalue weighted by molar-refractivity contribution is 0.880. The Morgan fingerprint density at radius 3 is 2.12 bits per heavy atom. The first-order valence-electron chi connectivity index (χ1n) is 8.70. The number of hydrogen-bond donors (Lipinski definition) is 1. The van der Waals surface area contributed by atoms with Gasteiger partial charge in [0, 0.05) is 11.4 Å². The molecule has 132 valence electrons. The molecule has 1 heteroatoms. The molecule has 1 nitrogen and oxygen atoms in total. The van der Waals surface area contributed by atoms with Crippen molar-refractivity contribution >= 4 is 0 Å². The Kier molecular flexibility index (Phi) is 10.5. The molecule has 24 heavy (non-hydrogen) atoms. The van der Waals surface area contributed by atoms with Crippen molar-refractivity contribution in [1.82, 2.24) is 5.32 Å². The third-order valence-corrected chi connectivity index (χ3v) is 4.02. The first-order chi connectivity index (χ1) is 11.2. The predicted molar refractivity (Wildman–Crippen MR) is 111 cm³/mol. The molecule has 0 aliphatic carbocycles. The Labute approximate surface area is 149 Å². The molecular formula is C23H35N. The van der Waals surface area contributed by atoms with Crippen LogP contribution in [0.1, 0.15) is 60.8 Å². The second-order valence-electron chi connectivity index (χ2n) is 6.36. The summed E-state index contributed by atoms with van der Waals surface area (Å²) in [7, 11) is 0. The van der Waals surface area contributed by atoms with Crippen LogP contribution in [0, 0.1) is 0 Å². The lowest BCUT2D eigenvalue weighted by atomic mass is 10.1. The zero-order valence-electron chi connectivity index (χ0n) is 16.6. The molecule has 0 amide bonds. The van der Waals surface area contributed by atoms with Gasteiger partial charge in [-0.05, 0) is 64.2 Å². The van der Waals surface area contributed by atoms with Crippen LogP contribution in [0.4, 0.5) is 0 Å². The van der Waals surface area contributed by atoms with Crippen molar-refractivity contribution in [3.8, 4) is 0 Å². The average molecular weight is 326 g/mol. The molecular weight excluding hydrogens is 290 g/mol. The number of hydrogen-bond acceptors (Lipinski definition) is 1. The van der Waals surface area contributed by atoms with Crippen LogP contribution >= 0.6 is 0 Å². The molecule has 0 radical (unpaired) electrons. The summed E-state index contributed by atoms with van der Waals surface area (Å²) in [5.41, 5.74) is 7.90. The first kappa shape index (κ1) is 22.0. The highest BCUT2D eigenvalue weighted by molar-refractivity contribution is 5.40. The summed E-state index contributed by atoms with van der Waals surface area (Å²) in [6, 6.07) is 0. The van der Waals surface area contributed by atoms with Gasteiger partial charge < -0.3 is 5.32 Å². The normalized spacial score (nSPS) is 13.8. The van der Waals surface area contributed by atoms with Gasteiger partial charge in [-0.2, -0.15) is 0 Å². The minimum Gasteiger partial charge on any atom is -0.359 e. The maximum Gasteiger partial charge on any atom is 0.0335 e. The van der Waals surface area contributed by atoms with Crippen LogP contribution in [0.15, 0.2) is 83.3 Å². The summed E-state index contributed by atoms with van der Waals surface area (Å²) in [6.07, 6.45) is 11.6. The minimum absolute atomic E-state index is 0.922. The van der Waals surface area contributed by atoms with Crippen LogP contribution in [-0.2, 0) is 0 Å². The lowest BCUT2D eigenvalue weighted by Crippen LogP contribution is -2.12. The van der Waals surface area contributed by atoms with Gasteiger partial charge in [0.2, 0.25) is 0 Å². The van der Waals surface area contributed by atoms with Crippen molar-refractivity contribution in [3.05, 3.63) is 83.3 Å². The van der Waals surface area contributed by atoms with Gasteiger partial charge in [0.1, 0.15) is 0 Å². The van der Waals surface area contributed by atoms with Crippen LogP contribution in [0.5, 0.6) is 0 Å². The van der Waals surface area contributed by atoms with Crippen molar-refractivity contribution in [2.75, 3.05) is 0 Å². The van der Waals surface area contributed by atoms with Crippen LogP contribution in [0.25, 0.3) is 0 Å². The Bertz CT molecular complexity index is 592. The van der Waals surface area contributed by atoms with E-state index in [2.05, 4.69) is 77.1 Å². The van der Waals surface area contributed by atoms with Gasteiger partial charge in [-0.25, -0.2) is 0 Å². The summed E-state index contributed by atoms with van der Waals surface area (Å²) in [5, 5.41) is 3.40. The molecule has 0 aliphatic heterocycles. The molecule has 0 aromatic carbocycles. The third kappa shape index (κ3) is 8.57. The quantitative estimate of drug-likeness (QED) is 0.332. The summed E-state index contributed by atoms with van der Waals surface area (Å²) >= 11 is 0. The zero-order chi connectivity index (χ0) is 18.7. The van der Waals surface area contributed by atoms with Crippen molar-refractivity contribution in [2.24, 2.45) is 0 Å². The molecule has 0 bridgehead atoms. The van der Waals surface area contributed by atoms with Crippen LogP contribution < -0.4 is 5.32 Å². The fourth-order valence-electron chi connectivity index (χ4n) is 2.12. The Hall–Kier alpha value is -2.02. The molecule has 0 unspecified atom stereocenters. The smallest absolute Gasteiger partial charge is 0.0335 e. The molecule has 0 aliphatic rings. The highest BCUT2D eigenvalue weighted by Crippen LogP contribution is 2.15. The number of allylic oxidation sites excluding steroid dienone is 10. The Balaban J connectivity index is 4.88. The Morgan fingerprint density at radius 2 is 1.62 bits per heavy atom. The third-order valence-electron chi connectivity index (χ3n) is 4.02. The van der Waals surface area contributed by atoms with Crippen LogP contribution in [0.2, 0.25) is 0 Å². The molecule has 1 N–H and O–H groups in total. The zero-order valence-corrected chi connectivity index (χ0v) is 16.6. The first-order valence-corrected chi connectivity index (χ1v) is 8.70. The standard InChI is InChI=1S/C23H35N/c1-10-12-18(5)13-14-19(6)21(8)24-22(9)20(7)15-16-23(11-2)17(3)4/h11,14-16,24H,3,5,8,10,12-13H2,1-2,4,6-7,9H3/b16-15-,19-14+,22-20+,23-11+. The van der Waals surface area contributed by atoms with E-state index in [-0.39, 0.29) is 0 Å². The van der Waals surface area contributed by atoms with Crippen molar-refractivity contribution in [1.29, 1.82) is 0 Å². The SMILES string of the molecule is C=C(C/C=C(\C)C(=C)N/C(C)=C(C)/C=C\C(=C/C)C(=C)C)CCC. The van der Waals surface area contributed by atoms with Gasteiger partial charge in [-0.15, -0.1) is 0 Å². The summed E-state index contributed by atoms with van der Waals surface area (Å²) in [4.78, 5) is 0. The maximum absolute atomic E-state index is 4.15. The second kappa shape index (κ2) is 11.5. The van der Waals surface area contributed by atoms with Crippen molar-refractivity contribution in [2.45, 2.75) is 60.8 Å². The van der Waals surface area contributed by atoms with E-state index in [4.69, 9.17) is 0 Å². The largest absolute Gasteiger partial charge is 0.359 e. The molecule has 0 heterocycles. The molecule has 0 fully saturated rings. The fourth-order valence-corrected chi connectivity index (χ4v) is 2.12. The van der Waals surface area contributed by atoms with Gasteiger partial charge >= 0.3 is 0 Å². The highest BCUT2D eigenvalue weighted by atomic mass is 14.9. The minimum atomic E-state index is 0.922. The number of rotatable bonds is 10. The van der Waals surface area contributed by atoms with Crippen LogP contribution in [0.3, 0.4) is 0 Å². The summed E-state index contributed by atoms with van der Waals surface area (Å²) in [5.74, 6) is 0. The van der Waals surface area contributed by atoms with Gasteiger partial charge in [-0.1, -0.05) is 68.5 Å².